The second-order valence-electron chi connectivity index (χ2n) is 7.38. The zero-order valence-electron chi connectivity index (χ0n) is 18.3. The minimum Gasteiger partial charge on any atom is -0.463 e. The number of alkyl carbamates (subject to hydrolysis) is 1. The number of carbonyl (C=O) groups is 3. The minimum atomic E-state index is -1.79. The van der Waals surface area contributed by atoms with E-state index < -0.39 is 58.9 Å². The summed E-state index contributed by atoms with van der Waals surface area (Å²) in [5.74, 6) is -1.12. The Bertz CT molecular complexity index is 804. The van der Waals surface area contributed by atoms with Crippen molar-refractivity contribution in [2.24, 2.45) is 0 Å². The van der Waals surface area contributed by atoms with Crippen LogP contribution in [-0.4, -0.2) is 65.5 Å². The van der Waals surface area contributed by atoms with Gasteiger partial charge in [0.05, 0.1) is 18.8 Å². The summed E-state index contributed by atoms with van der Waals surface area (Å²) >= 11 is 16.9. The van der Waals surface area contributed by atoms with Gasteiger partial charge in [-0.2, -0.15) is 0 Å². The second kappa shape index (κ2) is 12.6. The molecule has 1 N–H and O–H groups in total. The van der Waals surface area contributed by atoms with Gasteiger partial charge in [-0.15, -0.1) is 0 Å². The van der Waals surface area contributed by atoms with E-state index in [1.165, 1.54) is 13.8 Å². The lowest BCUT2D eigenvalue weighted by Crippen LogP contribution is -2.65. The van der Waals surface area contributed by atoms with Gasteiger partial charge in [0, 0.05) is 13.8 Å². The van der Waals surface area contributed by atoms with Gasteiger partial charge in [0.15, 0.2) is 6.10 Å². The maximum atomic E-state index is 12.4. The molecule has 9 nitrogen and oxygen atoms in total. The first kappa shape index (κ1) is 27.5. The van der Waals surface area contributed by atoms with E-state index in [2.05, 4.69) is 5.32 Å². The van der Waals surface area contributed by atoms with Gasteiger partial charge in [-0.25, -0.2) is 4.79 Å². The number of alkyl halides is 3. The highest BCUT2D eigenvalue weighted by atomic mass is 35.6. The summed E-state index contributed by atoms with van der Waals surface area (Å²) in [5.41, 5.74) is 0.854. The molecule has 5 atom stereocenters. The van der Waals surface area contributed by atoms with Gasteiger partial charge in [0.2, 0.25) is 3.79 Å². The fraction of sp³-hybridized carbons (Fsp3) is 0.571. The first-order chi connectivity index (χ1) is 15.5. The molecule has 1 aromatic carbocycles. The average Bonchev–Trinajstić information content (AvgIpc) is 2.72. The Morgan fingerprint density at radius 2 is 1.70 bits per heavy atom. The molecule has 1 fully saturated rings. The average molecular weight is 527 g/mol. The number of carbonyl (C=O) groups excluding carboxylic acids is 3. The third-order valence-electron chi connectivity index (χ3n) is 4.63. The van der Waals surface area contributed by atoms with Gasteiger partial charge < -0.3 is 29.0 Å². The van der Waals surface area contributed by atoms with Gasteiger partial charge in [0.1, 0.15) is 25.4 Å². The number of ether oxygens (including phenoxy) is 5. The molecule has 0 radical (unpaired) electrons. The van der Waals surface area contributed by atoms with E-state index in [1.54, 1.807) is 6.92 Å². The molecule has 2 rings (SSSR count). The third-order valence-corrected chi connectivity index (χ3v) is 4.96. The summed E-state index contributed by atoms with van der Waals surface area (Å²) in [6.45, 7) is 3.66. The Morgan fingerprint density at radius 3 is 2.27 bits per heavy atom. The van der Waals surface area contributed by atoms with Crippen LogP contribution in [0, 0.1) is 0 Å². The Kier molecular flexibility index (Phi) is 10.5. The van der Waals surface area contributed by atoms with Crippen LogP contribution in [0.1, 0.15) is 26.3 Å². The largest absolute Gasteiger partial charge is 0.463 e. The van der Waals surface area contributed by atoms with E-state index in [-0.39, 0.29) is 13.2 Å². The van der Waals surface area contributed by atoms with Gasteiger partial charge in [-0.3, -0.25) is 9.59 Å². The fourth-order valence-electron chi connectivity index (χ4n) is 3.28. The van der Waals surface area contributed by atoms with Crippen molar-refractivity contribution < 1.29 is 38.1 Å². The molecule has 0 spiro atoms. The SMILES string of the molecule is CC(=O)OC[C@H]1O[C@@H](C)[C@H](NC(=O)OCC(Cl)(Cl)Cl)[C@@H](OCc2ccccc2)[C@H]1OC(C)=O. The van der Waals surface area contributed by atoms with Crippen molar-refractivity contribution >= 4 is 52.8 Å². The molecule has 0 bridgehead atoms. The van der Waals surface area contributed by atoms with Gasteiger partial charge >= 0.3 is 18.0 Å². The summed E-state index contributed by atoms with van der Waals surface area (Å²) < 4.78 is 25.7. The lowest BCUT2D eigenvalue weighted by atomic mass is 9.93. The van der Waals surface area contributed by atoms with Crippen molar-refractivity contribution in [3.8, 4) is 0 Å². The molecular weight excluding hydrogens is 501 g/mol. The van der Waals surface area contributed by atoms with Crippen molar-refractivity contribution in [2.75, 3.05) is 13.2 Å². The maximum absolute atomic E-state index is 12.4. The minimum absolute atomic E-state index is 0.150. The van der Waals surface area contributed by atoms with Crippen LogP contribution >= 0.6 is 34.8 Å². The molecule has 1 saturated heterocycles. The highest BCUT2D eigenvalue weighted by Crippen LogP contribution is 2.29. The molecule has 184 valence electrons. The zero-order chi connectivity index (χ0) is 24.6. The van der Waals surface area contributed by atoms with Gasteiger partial charge in [-0.05, 0) is 12.5 Å². The fourth-order valence-corrected chi connectivity index (χ4v) is 3.44. The maximum Gasteiger partial charge on any atom is 0.407 e. The molecule has 1 aliphatic heterocycles. The summed E-state index contributed by atoms with van der Waals surface area (Å²) in [5, 5.41) is 2.63. The van der Waals surface area contributed by atoms with Crippen LogP contribution in [-0.2, 0) is 39.9 Å². The van der Waals surface area contributed by atoms with Gasteiger partial charge in [0.25, 0.3) is 0 Å². The van der Waals surface area contributed by atoms with Crippen LogP contribution in [0.5, 0.6) is 0 Å². The second-order valence-corrected chi connectivity index (χ2v) is 9.90. The zero-order valence-corrected chi connectivity index (χ0v) is 20.6. The van der Waals surface area contributed by atoms with Crippen LogP contribution in [0.2, 0.25) is 0 Å². The standard InChI is InChI=1S/C21H26Cl3NO8/c1-12-17(25-20(28)31-11-21(22,23)24)19(30-9-15-7-5-4-6-8-15)18(33-14(3)27)16(32-12)10-29-13(2)26/h4-8,12,16-19H,9-11H2,1-3H3,(H,25,28)/t12-,16+,17-,18-,19+/m0/s1. The number of benzene rings is 1. The predicted molar refractivity (Wildman–Crippen MR) is 120 cm³/mol. The highest BCUT2D eigenvalue weighted by molar-refractivity contribution is 6.67. The van der Waals surface area contributed by atoms with Crippen LogP contribution in [0.15, 0.2) is 30.3 Å². The van der Waals surface area contributed by atoms with E-state index in [0.29, 0.717) is 0 Å². The van der Waals surface area contributed by atoms with E-state index in [0.717, 1.165) is 5.56 Å². The molecule has 0 unspecified atom stereocenters. The van der Waals surface area contributed by atoms with E-state index in [4.69, 9.17) is 58.5 Å². The number of hydrogen-bond donors (Lipinski definition) is 1. The summed E-state index contributed by atoms with van der Waals surface area (Å²) in [6.07, 6.45) is -4.23. The highest BCUT2D eigenvalue weighted by Gasteiger charge is 2.48. The Hall–Kier alpha value is -1.78. The van der Waals surface area contributed by atoms with Crippen molar-refractivity contribution in [1.82, 2.24) is 5.32 Å². The lowest BCUT2D eigenvalue weighted by molar-refractivity contribution is -0.222. The number of rotatable bonds is 8. The van der Waals surface area contributed by atoms with Gasteiger partial charge in [-0.1, -0.05) is 65.1 Å². The molecule has 0 aromatic heterocycles. The Balaban J connectivity index is 2.26. The summed E-state index contributed by atoms with van der Waals surface area (Å²) in [7, 11) is 0. The molecule has 1 aliphatic rings. The monoisotopic (exact) mass is 525 g/mol. The third kappa shape index (κ3) is 9.54. The van der Waals surface area contributed by atoms with Crippen LogP contribution in [0.4, 0.5) is 4.79 Å². The van der Waals surface area contributed by atoms with Crippen molar-refractivity contribution in [3.05, 3.63) is 35.9 Å². The first-order valence-electron chi connectivity index (χ1n) is 10.1. The number of nitrogens with one attached hydrogen (secondary N) is 1. The topological polar surface area (TPSA) is 109 Å². The normalized spacial score (nSPS) is 25.1. The summed E-state index contributed by atoms with van der Waals surface area (Å²) in [4.78, 5) is 35.5. The van der Waals surface area contributed by atoms with Crippen LogP contribution in [0.3, 0.4) is 0 Å². The molecular formula is C21H26Cl3NO8. The summed E-state index contributed by atoms with van der Waals surface area (Å²) in [6, 6.07) is 8.47. The number of esters is 2. The molecule has 0 aliphatic carbocycles. The van der Waals surface area contributed by atoms with Crippen molar-refractivity contribution in [1.29, 1.82) is 0 Å². The Morgan fingerprint density at radius 1 is 1.03 bits per heavy atom. The molecule has 1 amide bonds. The predicted octanol–water partition coefficient (Wildman–Crippen LogP) is 3.32. The van der Waals surface area contributed by atoms with Crippen LogP contribution < -0.4 is 5.32 Å². The molecule has 1 aromatic rings. The molecule has 0 saturated carbocycles. The first-order valence-corrected chi connectivity index (χ1v) is 11.2. The van der Waals surface area contributed by atoms with E-state index >= 15 is 0 Å². The molecule has 1 heterocycles. The number of halogens is 3. The lowest BCUT2D eigenvalue weighted by Gasteiger charge is -2.44. The molecule has 33 heavy (non-hydrogen) atoms. The van der Waals surface area contributed by atoms with Crippen molar-refractivity contribution in [2.45, 2.75) is 61.6 Å². The van der Waals surface area contributed by atoms with E-state index in [9.17, 15) is 14.4 Å². The van der Waals surface area contributed by atoms with Crippen LogP contribution in [0.25, 0.3) is 0 Å². The van der Waals surface area contributed by atoms with Crippen molar-refractivity contribution in [3.63, 3.8) is 0 Å². The smallest absolute Gasteiger partial charge is 0.407 e. The number of hydrogen-bond acceptors (Lipinski definition) is 8. The Labute approximate surface area is 206 Å². The number of amides is 1. The quantitative estimate of drug-likeness (QED) is 0.312. The van der Waals surface area contributed by atoms with E-state index in [1.807, 2.05) is 30.3 Å². The molecule has 12 heteroatoms.